The van der Waals surface area contributed by atoms with Crippen LogP contribution < -0.4 is 10.1 Å². The number of Topliss-reactive ketones (excluding diaryl/α,β-unsaturated/α-hetero) is 1. The molecule has 3 aromatic carbocycles. The van der Waals surface area contributed by atoms with Gasteiger partial charge in [0.25, 0.3) is 5.91 Å². The molecule has 0 fully saturated rings. The number of benzene rings is 3. The SMILES string of the molecule is COc1cccc(C(=O)CSc2cccc(NC(=O)c3cccc(Cl)c3)c2)c1. The molecule has 0 heterocycles. The van der Waals surface area contributed by atoms with Gasteiger partial charge in [0.2, 0.25) is 0 Å². The van der Waals surface area contributed by atoms with Crippen LogP contribution in [0, 0.1) is 0 Å². The van der Waals surface area contributed by atoms with Gasteiger partial charge in [0.15, 0.2) is 5.78 Å². The Bertz CT molecular complexity index is 1010. The van der Waals surface area contributed by atoms with E-state index in [4.69, 9.17) is 16.3 Å². The van der Waals surface area contributed by atoms with Crippen molar-refractivity contribution in [2.24, 2.45) is 0 Å². The van der Waals surface area contributed by atoms with Gasteiger partial charge in [-0.2, -0.15) is 0 Å². The van der Waals surface area contributed by atoms with Gasteiger partial charge in [0.1, 0.15) is 5.75 Å². The zero-order chi connectivity index (χ0) is 19.9. The number of anilines is 1. The maximum Gasteiger partial charge on any atom is 0.255 e. The Hall–Kier alpha value is -2.76. The second-order valence-corrected chi connectivity index (χ2v) is 7.42. The summed E-state index contributed by atoms with van der Waals surface area (Å²) in [7, 11) is 1.57. The number of hydrogen-bond acceptors (Lipinski definition) is 4. The van der Waals surface area contributed by atoms with Crippen molar-refractivity contribution in [3.63, 3.8) is 0 Å². The molecule has 142 valence electrons. The van der Waals surface area contributed by atoms with Gasteiger partial charge in [-0.25, -0.2) is 0 Å². The number of methoxy groups -OCH3 is 1. The Balaban J connectivity index is 1.63. The molecule has 0 spiro atoms. The summed E-state index contributed by atoms with van der Waals surface area (Å²) in [5.41, 5.74) is 1.75. The lowest BCUT2D eigenvalue weighted by Gasteiger charge is -2.08. The molecule has 0 unspecified atom stereocenters. The summed E-state index contributed by atoms with van der Waals surface area (Å²) in [5, 5.41) is 3.36. The van der Waals surface area contributed by atoms with Gasteiger partial charge in [-0.05, 0) is 48.5 Å². The van der Waals surface area contributed by atoms with E-state index in [0.29, 0.717) is 33.3 Å². The van der Waals surface area contributed by atoms with Crippen LogP contribution in [0.5, 0.6) is 5.75 Å². The summed E-state index contributed by atoms with van der Waals surface area (Å²) >= 11 is 7.35. The fourth-order valence-corrected chi connectivity index (χ4v) is 3.57. The molecule has 0 bridgehead atoms. The fraction of sp³-hybridized carbons (Fsp3) is 0.0909. The van der Waals surface area contributed by atoms with Crippen molar-refractivity contribution in [3.8, 4) is 5.75 Å². The zero-order valence-corrected chi connectivity index (χ0v) is 16.7. The highest BCUT2D eigenvalue weighted by Crippen LogP contribution is 2.24. The molecule has 1 amide bonds. The minimum absolute atomic E-state index is 0.0114. The molecule has 0 saturated heterocycles. The third kappa shape index (κ3) is 5.38. The van der Waals surface area contributed by atoms with E-state index in [2.05, 4.69) is 5.32 Å². The van der Waals surface area contributed by atoms with Crippen molar-refractivity contribution < 1.29 is 14.3 Å². The van der Waals surface area contributed by atoms with E-state index in [1.807, 2.05) is 18.2 Å². The standard InChI is InChI=1S/C22H18ClNO3S/c1-27-19-9-3-5-15(12-19)21(25)14-28-20-10-4-8-18(13-20)24-22(26)16-6-2-7-17(23)11-16/h2-13H,14H2,1H3,(H,24,26). The monoisotopic (exact) mass is 411 g/mol. The van der Waals surface area contributed by atoms with Crippen LogP contribution in [0.2, 0.25) is 5.02 Å². The number of rotatable bonds is 7. The van der Waals surface area contributed by atoms with Crippen LogP contribution in [0.15, 0.2) is 77.7 Å². The van der Waals surface area contributed by atoms with Gasteiger partial charge >= 0.3 is 0 Å². The smallest absolute Gasteiger partial charge is 0.255 e. The molecule has 0 radical (unpaired) electrons. The highest BCUT2D eigenvalue weighted by molar-refractivity contribution is 8.00. The van der Waals surface area contributed by atoms with Gasteiger partial charge in [-0.15, -0.1) is 11.8 Å². The highest BCUT2D eigenvalue weighted by Gasteiger charge is 2.10. The molecule has 0 aliphatic heterocycles. The predicted molar refractivity (Wildman–Crippen MR) is 114 cm³/mol. The molecule has 3 aromatic rings. The van der Waals surface area contributed by atoms with Gasteiger partial charge in [0, 0.05) is 26.7 Å². The van der Waals surface area contributed by atoms with E-state index < -0.39 is 0 Å². The Morgan fingerprint density at radius 2 is 1.71 bits per heavy atom. The molecule has 0 aliphatic rings. The normalized spacial score (nSPS) is 10.4. The van der Waals surface area contributed by atoms with Crippen LogP contribution >= 0.6 is 23.4 Å². The van der Waals surface area contributed by atoms with Crippen LogP contribution in [0.25, 0.3) is 0 Å². The number of thioether (sulfide) groups is 1. The third-order valence-corrected chi connectivity index (χ3v) is 5.17. The lowest BCUT2D eigenvalue weighted by Crippen LogP contribution is -2.11. The van der Waals surface area contributed by atoms with Crippen LogP contribution in [0.1, 0.15) is 20.7 Å². The molecule has 0 aliphatic carbocycles. The van der Waals surface area contributed by atoms with E-state index in [1.54, 1.807) is 61.7 Å². The molecular formula is C22H18ClNO3S. The van der Waals surface area contributed by atoms with Crippen molar-refractivity contribution in [3.05, 3.63) is 88.9 Å². The number of nitrogens with one attached hydrogen (secondary N) is 1. The fourth-order valence-electron chi connectivity index (χ4n) is 2.53. The summed E-state index contributed by atoms with van der Waals surface area (Å²) in [6.07, 6.45) is 0. The topological polar surface area (TPSA) is 55.4 Å². The van der Waals surface area contributed by atoms with E-state index in [9.17, 15) is 9.59 Å². The van der Waals surface area contributed by atoms with E-state index >= 15 is 0 Å². The van der Waals surface area contributed by atoms with Gasteiger partial charge in [-0.1, -0.05) is 35.9 Å². The van der Waals surface area contributed by atoms with Crippen molar-refractivity contribution in [1.29, 1.82) is 0 Å². The molecule has 4 nitrogen and oxygen atoms in total. The number of carbonyl (C=O) groups is 2. The van der Waals surface area contributed by atoms with E-state index in [0.717, 1.165) is 4.90 Å². The maximum absolute atomic E-state index is 12.4. The zero-order valence-electron chi connectivity index (χ0n) is 15.1. The summed E-state index contributed by atoms with van der Waals surface area (Å²) in [4.78, 5) is 25.6. The Morgan fingerprint density at radius 1 is 0.964 bits per heavy atom. The van der Waals surface area contributed by atoms with Crippen molar-refractivity contribution >= 4 is 40.7 Å². The Morgan fingerprint density at radius 3 is 2.50 bits per heavy atom. The third-order valence-electron chi connectivity index (χ3n) is 3.94. The minimum atomic E-state index is -0.239. The Labute approximate surface area is 172 Å². The first-order valence-electron chi connectivity index (χ1n) is 8.52. The number of ether oxygens (including phenoxy) is 1. The molecular weight excluding hydrogens is 394 g/mol. The molecule has 28 heavy (non-hydrogen) atoms. The second kappa shape index (κ2) is 9.44. The van der Waals surface area contributed by atoms with E-state index in [1.165, 1.54) is 11.8 Å². The first kappa shape index (κ1) is 20.0. The van der Waals surface area contributed by atoms with Gasteiger partial charge in [0.05, 0.1) is 12.9 Å². The number of amides is 1. The molecule has 6 heteroatoms. The quantitative estimate of drug-likeness (QED) is 0.407. The van der Waals surface area contributed by atoms with Crippen LogP contribution in [0.3, 0.4) is 0 Å². The lowest BCUT2D eigenvalue weighted by atomic mass is 10.1. The summed E-state index contributed by atoms with van der Waals surface area (Å²) < 4.78 is 5.16. The van der Waals surface area contributed by atoms with Crippen LogP contribution in [0.4, 0.5) is 5.69 Å². The second-order valence-electron chi connectivity index (χ2n) is 5.94. The molecule has 0 atom stereocenters. The molecule has 1 N–H and O–H groups in total. The first-order valence-corrected chi connectivity index (χ1v) is 9.88. The number of carbonyl (C=O) groups excluding carboxylic acids is 2. The van der Waals surface area contributed by atoms with Crippen LogP contribution in [-0.4, -0.2) is 24.6 Å². The van der Waals surface area contributed by atoms with Gasteiger partial charge in [-0.3, -0.25) is 9.59 Å². The largest absolute Gasteiger partial charge is 0.497 e. The van der Waals surface area contributed by atoms with E-state index in [-0.39, 0.29) is 11.7 Å². The van der Waals surface area contributed by atoms with Gasteiger partial charge < -0.3 is 10.1 Å². The minimum Gasteiger partial charge on any atom is -0.497 e. The first-order chi connectivity index (χ1) is 13.5. The Kier molecular flexibility index (Phi) is 6.74. The maximum atomic E-state index is 12.4. The van der Waals surface area contributed by atoms with Crippen molar-refractivity contribution in [2.75, 3.05) is 18.2 Å². The number of halogens is 1. The summed E-state index contributed by atoms with van der Waals surface area (Å²) in [6, 6.07) is 21.2. The average Bonchev–Trinajstić information content (AvgIpc) is 2.72. The predicted octanol–water partition coefficient (Wildman–Crippen LogP) is 5.58. The molecule has 0 aromatic heterocycles. The van der Waals surface area contributed by atoms with Crippen molar-refractivity contribution in [1.82, 2.24) is 0 Å². The average molecular weight is 412 g/mol. The lowest BCUT2D eigenvalue weighted by molar-refractivity contribution is 0.101. The number of hydrogen-bond donors (Lipinski definition) is 1. The highest BCUT2D eigenvalue weighted by atomic mass is 35.5. The summed E-state index contributed by atoms with van der Waals surface area (Å²) in [6.45, 7) is 0. The molecule has 0 saturated carbocycles. The number of ketones is 1. The summed E-state index contributed by atoms with van der Waals surface area (Å²) in [5.74, 6) is 0.717. The molecule has 3 rings (SSSR count). The van der Waals surface area contributed by atoms with Crippen molar-refractivity contribution in [2.45, 2.75) is 4.90 Å². The van der Waals surface area contributed by atoms with Crippen LogP contribution in [-0.2, 0) is 0 Å².